The topological polar surface area (TPSA) is 52.0 Å². The summed E-state index contributed by atoms with van der Waals surface area (Å²) in [4.78, 5) is 25.9. The molecule has 0 aliphatic rings. The van der Waals surface area contributed by atoms with Gasteiger partial charge in [0.2, 0.25) is 0 Å². The largest absolute Gasteiger partial charge is 0.416 e. The number of carbonyl (C=O) groups is 1. The fourth-order valence-electron chi connectivity index (χ4n) is 1.55. The van der Waals surface area contributed by atoms with Crippen LogP contribution in [0.2, 0.25) is 0 Å². The van der Waals surface area contributed by atoms with Crippen LogP contribution in [0.25, 0.3) is 10.9 Å². The summed E-state index contributed by atoms with van der Waals surface area (Å²) < 4.78 is 38.5. The van der Waals surface area contributed by atoms with E-state index in [1.54, 1.807) is 0 Å². The molecule has 0 aliphatic heterocycles. The molecule has 0 atom stereocenters. The lowest BCUT2D eigenvalue weighted by Crippen LogP contribution is -2.21. The van der Waals surface area contributed by atoms with Gasteiger partial charge in [0, 0.05) is 0 Å². The third kappa shape index (κ3) is 2.11. The summed E-state index contributed by atoms with van der Waals surface area (Å²) in [5, 5.41) is -0.158. The fourth-order valence-corrected chi connectivity index (χ4v) is 1.55. The van der Waals surface area contributed by atoms with E-state index in [0.717, 1.165) is 29.1 Å². The molecule has 94 valence electrons. The fraction of sp³-hybridized carbons (Fsp3) is 0.182. The summed E-state index contributed by atoms with van der Waals surface area (Å²) in [5.74, 6) is 0. The Morgan fingerprint density at radius 3 is 2.67 bits per heavy atom. The zero-order valence-corrected chi connectivity index (χ0v) is 8.94. The van der Waals surface area contributed by atoms with E-state index in [4.69, 9.17) is 0 Å². The smallest absolute Gasteiger partial charge is 0.301 e. The average Bonchev–Trinajstić information content (AvgIpc) is 2.31. The van der Waals surface area contributed by atoms with Gasteiger partial charge in [-0.25, -0.2) is 4.98 Å². The molecule has 1 aromatic heterocycles. The van der Waals surface area contributed by atoms with Crippen LogP contribution in [0.1, 0.15) is 5.56 Å². The third-order valence-electron chi connectivity index (χ3n) is 2.42. The Morgan fingerprint density at radius 1 is 1.33 bits per heavy atom. The average molecular weight is 256 g/mol. The summed E-state index contributed by atoms with van der Waals surface area (Å²) in [6.07, 6.45) is -2.92. The molecule has 0 saturated carbocycles. The van der Waals surface area contributed by atoms with Crippen LogP contribution >= 0.6 is 0 Å². The predicted molar refractivity (Wildman–Crippen MR) is 57.1 cm³/mol. The first-order valence-corrected chi connectivity index (χ1v) is 4.93. The molecule has 1 heterocycles. The van der Waals surface area contributed by atoms with Gasteiger partial charge in [-0.1, -0.05) is 0 Å². The van der Waals surface area contributed by atoms with Gasteiger partial charge < -0.3 is 4.79 Å². The Hall–Kier alpha value is -2.18. The Morgan fingerprint density at radius 2 is 2.06 bits per heavy atom. The van der Waals surface area contributed by atoms with Crippen molar-refractivity contribution >= 4 is 17.2 Å². The van der Waals surface area contributed by atoms with Gasteiger partial charge in [0.1, 0.15) is 6.29 Å². The lowest BCUT2D eigenvalue weighted by atomic mass is 10.1. The number of alkyl halides is 3. The van der Waals surface area contributed by atoms with Crippen molar-refractivity contribution in [3.8, 4) is 0 Å². The number of halogens is 3. The van der Waals surface area contributed by atoms with Gasteiger partial charge in [-0.2, -0.15) is 13.2 Å². The molecule has 0 spiro atoms. The second-order valence-corrected chi connectivity index (χ2v) is 3.60. The highest BCUT2D eigenvalue weighted by Gasteiger charge is 2.30. The highest BCUT2D eigenvalue weighted by molar-refractivity contribution is 5.78. The van der Waals surface area contributed by atoms with E-state index >= 15 is 0 Å². The van der Waals surface area contributed by atoms with Crippen LogP contribution in [0, 0.1) is 0 Å². The summed E-state index contributed by atoms with van der Waals surface area (Å²) in [6, 6.07) is 2.73. The Bertz CT molecular complexity index is 661. The molecule has 0 fully saturated rings. The second-order valence-electron chi connectivity index (χ2n) is 3.60. The predicted octanol–water partition coefficient (Wildman–Crippen LogP) is 1.61. The Kier molecular flexibility index (Phi) is 2.90. The summed E-state index contributed by atoms with van der Waals surface area (Å²) >= 11 is 0. The van der Waals surface area contributed by atoms with Gasteiger partial charge in [0.15, 0.2) is 0 Å². The molecule has 0 saturated heterocycles. The van der Waals surface area contributed by atoms with Crippen LogP contribution in [0.5, 0.6) is 0 Å². The number of hydrogen-bond donors (Lipinski definition) is 0. The lowest BCUT2D eigenvalue weighted by Gasteiger charge is -2.08. The molecule has 2 aromatic rings. The molecular weight excluding hydrogens is 249 g/mol. The van der Waals surface area contributed by atoms with Crippen molar-refractivity contribution < 1.29 is 18.0 Å². The molecule has 0 aliphatic carbocycles. The highest BCUT2D eigenvalue weighted by atomic mass is 19.4. The quantitative estimate of drug-likeness (QED) is 0.767. The van der Waals surface area contributed by atoms with Crippen molar-refractivity contribution in [3.63, 3.8) is 0 Å². The zero-order valence-electron chi connectivity index (χ0n) is 8.94. The van der Waals surface area contributed by atoms with Crippen molar-refractivity contribution in [2.75, 3.05) is 0 Å². The van der Waals surface area contributed by atoms with E-state index in [0.29, 0.717) is 6.29 Å². The van der Waals surface area contributed by atoms with E-state index in [-0.39, 0.29) is 17.4 Å². The maximum absolute atomic E-state index is 12.5. The number of nitrogens with zero attached hydrogens (tertiary/aromatic N) is 2. The van der Waals surface area contributed by atoms with Crippen LogP contribution in [-0.4, -0.2) is 15.8 Å². The van der Waals surface area contributed by atoms with Crippen LogP contribution in [0.15, 0.2) is 29.3 Å². The summed E-state index contributed by atoms with van der Waals surface area (Å²) in [5.41, 5.74) is -1.42. The second kappa shape index (κ2) is 4.25. The van der Waals surface area contributed by atoms with E-state index in [1.807, 2.05) is 0 Å². The standard InChI is InChI=1S/C11H7F3N2O2/c12-11(13,14)7-1-2-9-8(5-7)10(18)16(3-4-17)6-15-9/h1-2,4-6H,3H2. The Balaban J connectivity index is 2.70. The monoisotopic (exact) mass is 256 g/mol. The molecule has 0 radical (unpaired) electrons. The number of fused-ring (bicyclic) bond motifs is 1. The molecule has 7 heteroatoms. The highest BCUT2D eigenvalue weighted by Crippen LogP contribution is 2.30. The van der Waals surface area contributed by atoms with Gasteiger partial charge in [0.25, 0.3) is 5.56 Å². The summed E-state index contributed by atoms with van der Waals surface area (Å²) in [7, 11) is 0. The number of aldehydes is 1. The molecule has 4 nitrogen and oxygen atoms in total. The molecule has 2 rings (SSSR count). The minimum Gasteiger partial charge on any atom is -0.301 e. The number of aromatic nitrogens is 2. The van der Waals surface area contributed by atoms with Crippen molar-refractivity contribution in [1.82, 2.24) is 9.55 Å². The van der Waals surface area contributed by atoms with E-state index in [1.165, 1.54) is 0 Å². The van der Waals surface area contributed by atoms with Crippen molar-refractivity contribution in [1.29, 1.82) is 0 Å². The van der Waals surface area contributed by atoms with E-state index in [9.17, 15) is 22.8 Å². The first-order valence-electron chi connectivity index (χ1n) is 4.93. The molecule has 0 N–H and O–H groups in total. The van der Waals surface area contributed by atoms with Crippen LogP contribution in [-0.2, 0) is 17.5 Å². The zero-order chi connectivity index (χ0) is 13.3. The van der Waals surface area contributed by atoms with Crippen LogP contribution < -0.4 is 5.56 Å². The van der Waals surface area contributed by atoms with Gasteiger partial charge in [0.05, 0.1) is 29.3 Å². The first-order chi connectivity index (χ1) is 8.43. The molecule has 1 aromatic carbocycles. The van der Waals surface area contributed by atoms with Gasteiger partial charge >= 0.3 is 6.18 Å². The SMILES string of the molecule is O=CCn1cnc2ccc(C(F)(F)F)cc2c1=O. The van der Waals surface area contributed by atoms with Crippen LogP contribution in [0.3, 0.4) is 0 Å². The normalized spacial score (nSPS) is 11.7. The van der Waals surface area contributed by atoms with Crippen molar-refractivity contribution in [2.24, 2.45) is 0 Å². The van der Waals surface area contributed by atoms with Gasteiger partial charge in [-0.15, -0.1) is 0 Å². The summed E-state index contributed by atoms with van der Waals surface area (Å²) in [6.45, 7) is -0.238. The Labute approximate surface area is 98.7 Å². The lowest BCUT2D eigenvalue weighted by molar-refractivity contribution is -0.137. The maximum atomic E-state index is 12.5. The van der Waals surface area contributed by atoms with E-state index < -0.39 is 17.3 Å². The van der Waals surface area contributed by atoms with E-state index in [2.05, 4.69) is 4.98 Å². The maximum Gasteiger partial charge on any atom is 0.416 e. The minimum absolute atomic E-state index is 0.158. The number of rotatable bonds is 2. The first kappa shape index (κ1) is 12.3. The van der Waals surface area contributed by atoms with Crippen molar-refractivity contribution in [2.45, 2.75) is 12.7 Å². The number of hydrogen-bond acceptors (Lipinski definition) is 3. The number of carbonyl (C=O) groups excluding carboxylic acids is 1. The van der Waals surface area contributed by atoms with Crippen molar-refractivity contribution in [3.05, 3.63) is 40.4 Å². The van der Waals surface area contributed by atoms with Crippen LogP contribution in [0.4, 0.5) is 13.2 Å². The van der Waals surface area contributed by atoms with Gasteiger partial charge in [-0.3, -0.25) is 9.36 Å². The third-order valence-corrected chi connectivity index (χ3v) is 2.42. The molecule has 18 heavy (non-hydrogen) atoms. The molecular formula is C11H7F3N2O2. The number of benzene rings is 1. The van der Waals surface area contributed by atoms with Gasteiger partial charge in [-0.05, 0) is 18.2 Å². The molecule has 0 amide bonds. The minimum atomic E-state index is -4.52. The molecule has 0 unspecified atom stereocenters. The molecule has 0 bridgehead atoms.